The summed E-state index contributed by atoms with van der Waals surface area (Å²) in [7, 11) is 0. The van der Waals surface area contributed by atoms with Crippen molar-refractivity contribution in [1.29, 1.82) is 0 Å². The Bertz CT molecular complexity index is 5080. The van der Waals surface area contributed by atoms with E-state index in [0.29, 0.717) is 0 Å². The van der Waals surface area contributed by atoms with E-state index in [1.54, 1.807) is 0 Å². The Morgan fingerprint density at radius 2 is 0.458 bits per heavy atom. The molecule has 0 fully saturated rings. The van der Waals surface area contributed by atoms with Gasteiger partial charge >= 0.3 is 0 Å². The maximum atomic E-state index is 2.53. The number of benzene rings is 16. The number of hydrogen-bond donors (Lipinski definition) is 0. The zero-order valence-corrected chi connectivity index (χ0v) is 54.4. The summed E-state index contributed by atoms with van der Waals surface area (Å²) < 4.78 is 0. The summed E-state index contributed by atoms with van der Waals surface area (Å²) in [6.07, 6.45) is 0. The van der Waals surface area contributed by atoms with Crippen molar-refractivity contribution in [2.45, 2.75) is 27.7 Å². The molecular weight excluding hydrogens is 1160 g/mol. The molecule has 0 bridgehead atoms. The number of hydrogen-bond acceptors (Lipinski definition) is 2. The molecule has 0 saturated carbocycles. The Morgan fingerprint density at radius 3 is 0.771 bits per heavy atom. The first-order chi connectivity index (χ1) is 47.3. The molecular formula is C94H70N2. The summed E-state index contributed by atoms with van der Waals surface area (Å²) in [5.41, 5.74) is 30.1. The molecule has 456 valence electrons. The summed E-state index contributed by atoms with van der Waals surface area (Å²) in [5.74, 6) is 0. The highest BCUT2D eigenvalue weighted by molar-refractivity contribution is 6.25. The molecule has 0 spiro atoms. The lowest BCUT2D eigenvalue weighted by atomic mass is 9.84. The molecule has 16 aromatic carbocycles. The lowest BCUT2D eigenvalue weighted by molar-refractivity contribution is 1.25. The van der Waals surface area contributed by atoms with Crippen molar-refractivity contribution in [1.82, 2.24) is 0 Å². The first-order valence-electron chi connectivity index (χ1n) is 33.3. The van der Waals surface area contributed by atoms with Crippen molar-refractivity contribution < 1.29 is 0 Å². The van der Waals surface area contributed by atoms with Crippen molar-refractivity contribution in [3.05, 3.63) is 374 Å². The highest BCUT2D eigenvalue weighted by Crippen LogP contribution is 2.52. The van der Waals surface area contributed by atoms with E-state index in [4.69, 9.17) is 0 Å². The topological polar surface area (TPSA) is 6.48 Å². The van der Waals surface area contributed by atoms with E-state index in [2.05, 4.69) is 389 Å². The molecule has 0 saturated heterocycles. The van der Waals surface area contributed by atoms with Gasteiger partial charge in [0.25, 0.3) is 0 Å². The average molecular weight is 1230 g/mol. The highest BCUT2D eigenvalue weighted by atomic mass is 15.2. The van der Waals surface area contributed by atoms with E-state index < -0.39 is 0 Å². The van der Waals surface area contributed by atoms with Gasteiger partial charge in [-0.3, -0.25) is 0 Å². The lowest BCUT2D eigenvalue weighted by Gasteiger charge is -2.31. The third-order valence-corrected chi connectivity index (χ3v) is 19.1. The SMILES string of the molecule is Cc1ccc(N(c2cccc(-c3c(-c4ccccc4)cc(-c4ccccc4)cc3-c3ccccc3)c2)c2cc3c4ccccc4c(N(c4cccc(-c5c(-c6ccccc6)cc(-c6ccccc6)cc5-c5ccccc5)c4)c4ccc(C)cc4C)cc3c3ccccc23)c(C)c1. The normalized spacial score (nSPS) is 11.3. The van der Waals surface area contributed by atoms with Crippen molar-refractivity contribution in [2.24, 2.45) is 0 Å². The fraction of sp³-hybridized carbons (Fsp3) is 0.0426. The molecule has 0 aliphatic carbocycles. The van der Waals surface area contributed by atoms with Crippen LogP contribution in [0.15, 0.2) is 352 Å². The quantitative estimate of drug-likeness (QED) is 0.100. The third-order valence-electron chi connectivity index (χ3n) is 19.1. The molecule has 2 heteroatoms. The van der Waals surface area contributed by atoms with Crippen LogP contribution in [0.5, 0.6) is 0 Å². The number of nitrogens with zero attached hydrogens (tertiary/aromatic N) is 2. The van der Waals surface area contributed by atoms with E-state index in [9.17, 15) is 0 Å². The van der Waals surface area contributed by atoms with Crippen LogP contribution in [-0.2, 0) is 0 Å². The predicted octanol–water partition coefficient (Wildman–Crippen LogP) is 26.7. The minimum absolute atomic E-state index is 1.07. The van der Waals surface area contributed by atoms with Gasteiger partial charge < -0.3 is 9.80 Å². The molecule has 0 unspecified atom stereocenters. The molecule has 0 atom stereocenters. The summed E-state index contributed by atoms with van der Waals surface area (Å²) in [6, 6.07) is 130. The van der Waals surface area contributed by atoms with Crippen molar-refractivity contribution in [3.63, 3.8) is 0 Å². The number of rotatable bonds is 14. The molecule has 0 aliphatic rings. The molecule has 0 amide bonds. The summed E-state index contributed by atoms with van der Waals surface area (Å²) in [6.45, 7) is 8.90. The van der Waals surface area contributed by atoms with Crippen LogP contribution >= 0.6 is 0 Å². The second kappa shape index (κ2) is 25.4. The fourth-order valence-electron chi connectivity index (χ4n) is 14.7. The van der Waals surface area contributed by atoms with E-state index in [-0.39, 0.29) is 0 Å². The molecule has 0 aliphatic heterocycles. The molecule has 0 N–H and O–H groups in total. The number of aryl methyl sites for hydroxylation is 4. The second-order valence-electron chi connectivity index (χ2n) is 25.4. The van der Waals surface area contributed by atoms with Gasteiger partial charge in [0, 0.05) is 33.5 Å². The van der Waals surface area contributed by atoms with Gasteiger partial charge in [0.05, 0.1) is 11.4 Å². The fourth-order valence-corrected chi connectivity index (χ4v) is 14.7. The molecule has 0 heterocycles. The third kappa shape index (κ3) is 11.1. The van der Waals surface area contributed by atoms with E-state index >= 15 is 0 Å². The van der Waals surface area contributed by atoms with E-state index in [0.717, 1.165) is 78.3 Å². The lowest BCUT2D eigenvalue weighted by Crippen LogP contribution is -2.13. The Morgan fingerprint density at radius 1 is 0.177 bits per heavy atom. The standard InChI is InChI=1S/C94H70N2/c1-63-49-51-89(65(3)53-63)95(77-43-27-41-73(55-77)93-83(69-33-15-7-16-34-69)57-75(67-29-11-5-12-30-67)58-84(93)70-35-17-8-18-36-70)91-61-87-80-46-24-26-48-82(80)92(62-88(87)79-45-23-25-47-81(79)91)96(90-52-50-64(2)54-66(90)4)78-44-28-42-74(56-78)94-85(71-37-19-9-20-38-71)59-76(68-31-13-6-14-32-68)60-86(94)72-39-21-10-22-40-72/h5-62H,1-4H3. The van der Waals surface area contributed by atoms with Crippen LogP contribution < -0.4 is 9.80 Å². The van der Waals surface area contributed by atoms with Crippen LogP contribution in [0.1, 0.15) is 22.3 Å². The summed E-state index contributed by atoms with van der Waals surface area (Å²) in [4.78, 5) is 5.05. The smallest absolute Gasteiger partial charge is 0.0546 e. The van der Waals surface area contributed by atoms with Crippen molar-refractivity contribution in [2.75, 3.05) is 9.80 Å². The second-order valence-corrected chi connectivity index (χ2v) is 25.4. The number of fused-ring (bicyclic) bond motifs is 5. The summed E-state index contributed by atoms with van der Waals surface area (Å²) >= 11 is 0. The first kappa shape index (κ1) is 58.9. The number of anilines is 6. The Balaban J connectivity index is 0.924. The zero-order chi connectivity index (χ0) is 64.6. The van der Waals surface area contributed by atoms with Crippen LogP contribution in [0.4, 0.5) is 34.1 Å². The van der Waals surface area contributed by atoms with Gasteiger partial charge in [-0.05, 0) is 222 Å². The molecule has 96 heavy (non-hydrogen) atoms. The Labute approximate surface area is 563 Å². The van der Waals surface area contributed by atoms with E-state index in [1.165, 1.54) is 99.4 Å². The molecule has 16 rings (SSSR count). The van der Waals surface area contributed by atoms with E-state index in [1.807, 2.05) is 0 Å². The maximum absolute atomic E-state index is 2.53. The average Bonchev–Trinajstić information content (AvgIpc) is 0.730. The molecule has 0 aromatic heterocycles. The first-order valence-corrected chi connectivity index (χ1v) is 33.3. The predicted molar refractivity (Wildman–Crippen MR) is 411 cm³/mol. The van der Waals surface area contributed by atoms with Crippen LogP contribution in [-0.4, -0.2) is 0 Å². The van der Waals surface area contributed by atoms with Gasteiger partial charge in [0.15, 0.2) is 0 Å². The van der Waals surface area contributed by atoms with Gasteiger partial charge in [-0.1, -0.05) is 290 Å². The maximum Gasteiger partial charge on any atom is 0.0546 e. The van der Waals surface area contributed by atoms with Gasteiger partial charge in [-0.2, -0.15) is 0 Å². The largest absolute Gasteiger partial charge is 0.310 e. The monoisotopic (exact) mass is 1230 g/mol. The van der Waals surface area contributed by atoms with Crippen LogP contribution in [0.2, 0.25) is 0 Å². The van der Waals surface area contributed by atoms with Gasteiger partial charge in [-0.25, -0.2) is 0 Å². The van der Waals surface area contributed by atoms with Crippen molar-refractivity contribution >= 4 is 66.4 Å². The molecule has 0 radical (unpaired) electrons. The van der Waals surface area contributed by atoms with Gasteiger partial charge in [0.1, 0.15) is 0 Å². The van der Waals surface area contributed by atoms with Crippen LogP contribution in [0.3, 0.4) is 0 Å². The van der Waals surface area contributed by atoms with Crippen LogP contribution in [0.25, 0.3) is 121 Å². The zero-order valence-electron chi connectivity index (χ0n) is 54.4. The summed E-state index contributed by atoms with van der Waals surface area (Å²) in [5, 5.41) is 7.00. The van der Waals surface area contributed by atoms with Gasteiger partial charge in [0.2, 0.25) is 0 Å². The Kier molecular flexibility index (Phi) is 15.6. The minimum Gasteiger partial charge on any atom is -0.310 e. The molecule has 2 nitrogen and oxygen atoms in total. The Hall–Kier alpha value is -12.1. The van der Waals surface area contributed by atoms with Gasteiger partial charge in [-0.15, -0.1) is 0 Å². The van der Waals surface area contributed by atoms with Crippen molar-refractivity contribution in [3.8, 4) is 89.0 Å². The molecule has 16 aromatic rings. The van der Waals surface area contributed by atoms with Crippen LogP contribution in [0, 0.1) is 27.7 Å². The minimum atomic E-state index is 1.07. The highest BCUT2D eigenvalue weighted by Gasteiger charge is 2.27.